The zero-order chi connectivity index (χ0) is 15.0. The van der Waals surface area contributed by atoms with Crippen molar-refractivity contribution in [2.75, 3.05) is 0 Å². The summed E-state index contributed by atoms with van der Waals surface area (Å²) < 4.78 is 22.9. The quantitative estimate of drug-likeness (QED) is 0.833. The molecule has 0 bridgehead atoms. The molecule has 1 aromatic heterocycles. The summed E-state index contributed by atoms with van der Waals surface area (Å²) in [6, 6.07) is -0.150. The number of hydrogen-bond acceptors (Lipinski definition) is 4. The van der Waals surface area contributed by atoms with E-state index in [-0.39, 0.29) is 27.7 Å². The van der Waals surface area contributed by atoms with Crippen LogP contribution in [0.25, 0.3) is 0 Å². The van der Waals surface area contributed by atoms with E-state index in [9.17, 15) is 13.2 Å². The molecule has 8 heteroatoms. The lowest BCUT2D eigenvalue weighted by atomic mass is 9.88. The van der Waals surface area contributed by atoms with Crippen LogP contribution in [-0.2, 0) is 9.05 Å². The molecule has 1 unspecified atom stereocenters. The highest BCUT2D eigenvalue weighted by Crippen LogP contribution is 2.23. The summed E-state index contributed by atoms with van der Waals surface area (Å²) >= 11 is 0. The molecule has 0 spiro atoms. The minimum atomic E-state index is -4.02. The van der Waals surface area contributed by atoms with E-state index in [2.05, 4.69) is 15.5 Å². The molecule has 108 valence electrons. The number of carbonyl (C=O) groups excluding carboxylic acids is 1. The first-order chi connectivity index (χ1) is 8.44. The van der Waals surface area contributed by atoms with Crippen LogP contribution in [0.2, 0.25) is 0 Å². The summed E-state index contributed by atoms with van der Waals surface area (Å²) in [5.41, 5.74) is -0.117. The monoisotopic (exact) mass is 307 g/mol. The van der Waals surface area contributed by atoms with Gasteiger partial charge in [0.1, 0.15) is 4.90 Å². The van der Waals surface area contributed by atoms with Gasteiger partial charge in [0.25, 0.3) is 15.0 Å². The summed E-state index contributed by atoms with van der Waals surface area (Å²) in [6.45, 7) is 9.23. The average Bonchev–Trinajstić information content (AvgIpc) is 2.57. The smallest absolute Gasteiger partial charge is 0.273 e. The van der Waals surface area contributed by atoms with Gasteiger partial charge in [0.2, 0.25) is 0 Å². The molecule has 6 nitrogen and oxygen atoms in total. The molecule has 0 saturated heterocycles. The number of amides is 1. The van der Waals surface area contributed by atoms with Crippen LogP contribution in [0.4, 0.5) is 0 Å². The summed E-state index contributed by atoms with van der Waals surface area (Å²) in [5.74, 6) is -0.564. The first-order valence-electron chi connectivity index (χ1n) is 5.75. The van der Waals surface area contributed by atoms with Crippen molar-refractivity contribution in [2.24, 2.45) is 5.41 Å². The van der Waals surface area contributed by atoms with Crippen molar-refractivity contribution in [3.63, 3.8) is 0 Å². The summed E-state index contributed by atoms with van der Waals surface area (Å²) in [5, 5.41) is 8.90. The lowest BCUT2D eigenvalue weighted by molar-refractivity contribution is 0.0901. The van der Waals surface area contributed by atoms with Gasteiger partial charge in [-0.3, -0.25) is 9.89 Å². The van der Waals surface area contributed by atoms with Gasteiger partial charge < -0.3 is 5.32 Å². The van der Waals surface area contributed by atoms with Gasteiger partial charge in [-0.05, 0) is 19.3 Å². The minimum Gasteiger partial charge on any atom is -0.348 e. The Labute approximate surface area is 117 Å². The maximum atomic E-state index is 12.1. The summed E-state index contributed by atoms with van der Waals surface area (Å²) in [6.07, 6.45) is 0. The second-order valence-electron chi connectivity index (χ2n) is 5.53. The highest BCUT2D eigenvalue weighted by Gasteiger charge is 2.29. The molecule has 2 N–H and O–H groups in total. The van der Waals surface area contributed by atoms with Crippen molar-refractivity contribution in [3.8, 4) is 0 Å². The van der Waals surface area contributed by atoms with Gasteiger partial charge in [-0.15, -0.1) is 0 Å². The van der Waals surface area contributed by atoms with Crippen molar-refractivity contribution in [3.05, 3.63) is 11.4 Å². The topological polar surface area (TPSA) is 91.9 Å². The molecule has 1 heterocycles. The molecule has 0 aromatic carbocycles. The number of nitrogens with zero attached hydrogens (tertiary/aromatic N) is 1. The van der Waals surface area contributed by atoms with Gasteiger partial charge in [0.05, 0.1) is 5.69 Å². The van der Waals surface area contributed by atoms with Gasteiger partial charge in [-0.25, -0.2) is 8.42 Å². The Hall–Kier alpha value is -1.08. The molecule has 1 rings (SSSR count). The van der Waals surface area contributed by atoms with Crippen LogP contribution in [0, 0.1) is 12.3 Å². The predicted molar refractivity (Wildman–Crippen MR) is 72.7 cm³/mol. The second-order valence-corrected chi connectivity index (χ2v) is 8.03. The molecule has 0 fully saturated rings. The Morgan fingerprint density at radius 2 is 1.95 bits per heavy atom. The molecule has 0 saturated carbocycles. The van der Waals surface area contributed by atoms with E-state index in [1.165, 1.54) is 6.92 Å². The largest absolute Gasteiger partial charge is 0.348 e. The van der Waals surface area contributed by atoms with Crippen molar-refractivity contribution in [1.29, 1.82) is 0 Å². The highest BCUT2D eigenvalue weighted by atomic mass is 35.7. The van der Waals surface area contributed by atoms with E-state index in [0.717, 1.165) is 0 Å². The van der Waals surface area contributed by atoms with Crippen LogP contribution in [-0.4, -0.2) is 30.6 Å². The molecule has 0 radical (unpaired) electrons. The lowest BCUT2D eigenvalue weighted by Crippen LogP contribution is -2.41. The molecular formula is C11H18ClN3O3S. The average molecular weight is 308 g/mol. The number of carbonyl (C=O) groups is 1. The number of halogens is 1. The fourth-order valence-electron chi connectivity index (χ4n) is 1.35. The number of H-pyrrole nitrogens is 1. The Morgan fingerprint density at radius 1 is 1.42 bits per heavy atom. The van der Waals surface area contributed by atoms with Gasteiger partial charge in [-0.2, -0.15) is 5.10 Å². The Balaban J connectivity index is 3.10. The first kappa shape index (κ1) is 16.0. The Bertz CT molecular complexity index is 587. The van der Waals surface area contributed by atoms with Crippen molar-refractivity contribution in [2.45, 2.75) is 45.6 Å². The van der Waals surface area contributed by atoms with E-state index < -0.39 is 15.0 Å². The van der Waals surface area contributed by atoms with Crippen LogP contribution < -0.4 is 5.32 Å². The first-order valence-corrected chi connectivity index (χ1v) is 8.06. The number of aromatic amines is 1. The van der Waals surface area contributed by atoms with Crippen molar-refractivity contribution in [1.82, 2.24) is 15.5 Å². The molecular weight excluding hydrogens is 290 g/mol. The van der Waals surface area contributed by atoms with E-state index >= 15 is 0 Å². The number of hydrogen-bond donors (Lipinski definition) is 2. The van der Waals surface area contributed by atoms with Crippen LogP contribution in [0.15, 0.2) is 4.90 Å². The molecule has 0 aliphatic carbocycles. The normalized spacial score (nSPS) is 14.2. The van der Waals surface area contributed by atoms with E-state index in [0.29, 0.717) is 0 Å². The van der Waals surface area contributed by atoms with E-state index in [1.807, 2.05) is 27.7 Å². The van der Waals surface area contributed by atoms with E-state index in [1.54, 1.807) is 0 Å². The predicted octanol–water partition coefficient (Wildman–Crippen LogP) is 1.81. The number of aromatic nitrogens is 2. The second kappa shape index (κ2) is 5.13. The van der Waals surface area contributed by atoms with Crippen LogP contribution >= 0.6 is 10.7 Å². The third kappa shape index (κ3) is 3.70. The standard InChI is InChI=1S/C11H18ClN3O3S/c1-6-9(19(12,17)18)8(15-14-6)10(16)13-7(2)11(3,4)5/h7H,1-5H3,(H,13,16)(H,14,15). The molecule has 19 heavy (non-hydrogen) atoms. The maximum Gasteiger partial charge on any atom is 0.273 e. The van der Waals surface area contributed by atoms with Crippen molar-refractivity contribution < 1.29 is 13.2 Å². The lowest BCUT2D eigenvalue weighted by Gasteiger charge is -2.27. The SMILES string of the molecule is Cc1[nH]nc(C(=O)NC(C)C(C)(C)C)c1S(=O)(=O)Cl. The number of rotatable bonds is 3. The Kier molecular flexibility index (Phi) is 4.31. The van der Waals surface area contributed by atoms with Crippen LogP contribution in [0.3, 0.4) is 0 Å². The Morgan fingerprint density at radius 3 is 2.37 bits per heavy atom. The maximum absolute atomic E-state index is 12.1. The zero-order valence-corrected chi connectivity index (χ0v) is 13.1. The number of nitrogens with one attached hydrogen (secondary N) is 2. The zero-order valence-electron chi connectivity index (χ0n) is 11.5. The van der Waals surface area contributed by atoms with Gasteiger partial charge in [0.15, 0.2) is 5.69 Å². The minimum absolute atomic E-state index is 0.150. The third-order valence-corrected chi connectivity index (χ3v) is 4.45. The summed E-state index contributed by atoms with van der Waals surface area (Å²) in [4.78, 5) is 11.8. The fraction of sp³-hybridized carbons (Fsp3) is 0.636. The van der Waals surface area contributed by atoms with Gasteiger partial charge in [0, 0.05) is 16.7 Å². The molecule has 0 aliphatic rings. The molecule has 1 atom stereocenters. The fourth-order valence-corrected chi connectivity index (χ4v) is 2.70. The van der Waals surface area contributed by atoms with Gasteiger partial charge in [-0.1, -0.05) is 20.8 Å². The van der Waals surface area contributed by atoms with Crippen LogP contribution in [0.1, 0.15) is 43.9 Å². The molecule has 1 aromatic rings. The van der Waals surface area contributed by atoms with Crippen LogP contribution in [0.5, 0.6) is 0 Å². The van der Waals surface area contributed by atoms with Crippen molar-refractivity contribution >= 4 is 25.6 Å². The molecule has 0 aliphatic heterocycles. The van der Waals surface area contributed by atoms with E-state index in [4.69, 9.17) is 10.7 Å². The van der Waals surface area contributed by atoms with Gasteiger partial charge >= 0.3 is 0 Å². The number of aryl methyl sites for hydroxylation is 1. The summed E-state index contributed by atoms with van der Waals surface area (Å²) in [7, 11) is 1.29. The molecule has 1 amide bonds. The highest BCUT2D eigenvalue weighted by molar-refractivity contribution is 8.13. The third-order valence-electron chi connectivity index (χ3n) is 3.00.